The summed E-state index contributed by atoms with van der Waals surface area (Å²) in [5, 5.41) is 2.91. The summed E-state index contributed by atoms with van der Waals surface area (Å²) in [6, 6.07) is -0.263. The second-order valence-electron chi connectivity index (χ2n) is 4.38. The second kappa shape index (κ2) is 8.19. The molecule has 1 heterocycles. The van der Waals surface area contributed by atoms with Crippen LogP contribution in [0.25, 0.3) is 0 Å². The van der Waals surface area contributed by atoms with Crippen LogP contribution in [0.1, 0.15) is 26.2 Å². The summed E-state index contributed by atoms with van der Waals surface area (Å²) in [5.74, 6) is 1.77. The molecule has 0 aromatic carbocycles. The van der Waals surface area contributed by atoms with E-state index in [0.717, 1.165) is 30.8 Å². The fourth-order valence-corrected chi connectivity index (χ4v) is 2.69. The third-order valence-corrected chi connectivity index (χ3v) is 3.96. The van der Waals surface area contributed by atoms with Crippen molar-refractivity contribution in [2.75, 3.05) is 24.6 Å². The van der Waals surface area contributed by atoms with Crippen LogP contribution >= 0.6 is 11.8 Å². The van der Waals surface area contributed by atoms with Gasteiger partial charge in [0.05, 0.1) is 0 Å². The van der Waals surface area contributed by atoms with E-state index in [1.165, 1.54) is 6.92 Å². The molecule has 0 radical (unpaired) electrons. The Hall–Kier alpha value is -0.970. The van der Waals surface area contributed by atoms with E-state index in [2.05, 4.69) is 11.9 Å². The lowest BCUT2D eigenvalue weighted by molar-refractivity contribution is -0.140. The van der Waals surface area contributed by atoms with Crippen molar-refractivity contribution in [1.82, 2.24) is 10.2 Å². The Morgan fingerprint density at radius 1 is 1.50 bits per heavy atom. The van der Waals surface area contributed by atoms with Crippen LogP contribution in [0.3, 0.4) is 0 Å². The number of amides is 2. The van der Waals surface area contributed by atoms with E-state index in [4.69, 9.17) is 0 Å². The summed E-state index contributed by atoms with van der Waals surface area (Å²) in [6.45, 7) is 6.54. The predicted molar refractivity (Wildman–Crippen MR) is 75.6 cm³/mol. The van der Waals surface area contributed by atoms with E-state index in [0.29, 0.717) is 13.1 Å². The molecule has 102 valence electrons. The SMILES string of the molecule is C=CCSCCNC(=O)C1CCCCN1C(C)=O. The smallest absolute Gasteiger partial charge is 0.242 e. The normalized spacial score (nSPS) is 19.4. The number of thioether (sulfide) groups is 1. The summed E-state index contributed by atoms with van der Waals surface area (Å²) in [6.07, 6.45) is 4.65. The van der Waals surface area contributed by atoms with Crippen molar-refractivity contribution >= 4 is 23.6 Å². The Labute approximate surface area is 113 Å². The van der Waals surface area contributed by atoms with E-state index < -0.39 is 0 Å². The van der Waals surface area contributed by atoms with Crippen molar-refractivity contribution in [3.05, 3.63) is 12.7 Å². The van der Waals surface area contributed by atoms with Gasteiger partial charge >= 0.3 is 0 Å². The van der Waals surface area contributed by atoms with Gasteiger partial charge in [-0.05, 0) is 19.3 Å². The summed E-state index contributed by atoms with van der Waals surface area (Å²) < 4.78 is 0. The second-order valence-corrected chi connectivity index (χ2v) is 5.53. The van der Waals surface area contributed by atoms with E-state index in [-0.39, 0.29) is 17.9 Å². The van der Waals surface area contributed by atoms with Crippen LogP contribution in [0.4, 0.5) is 0 Å². The van der Waals surface area contributed by atoms with E-state index in [9.17, 15) is 9.59 Å². The zero-order valence-electron chi connectivity index (χ0n) is 11.0. The number of nitrogens with zero attached hydrogens (tertiary/aromatic N) is 1. The molecule has 0 aromatic heterocycles. The molecule has 1 fully saturated rings. The fraction of sp³-hybridized carbons (Fsp3) is 0.692. The van der Waals surface area contributed by atoms with Crippen molar-refractivity contribution in [3.63, 3.8) is 0 Å². The number of carbonyl (C=O) groups is 2. The lowest BCUT2D eigenvalue weighted by atomic mass is 10.0. The minimum absolute atomic E-state index is 0.00381. The third-order valence-electron chi connectivity index (χ3n) is 2.99. The van der Waals surface area contributed by atoms with Gasteiger partial charge in [0.2, 0.25) is 11.8 Å². The first-order valence-electron chi connectivity index (χ1n) is 6.40. The fourth-order valence-electron chi connectivity index (χ4n) is 2.11. The third kappa shape index (κ3) is 4.72. The molecule has 5 heteroatoms. The topological polar surface area (TPSA) is 49.4 Å². The maximum absolute atomic E-state index is 12.0. The number of carbonyl (C=O) groups excluding carboxylic acids is 2. The van der Waals surface area contributed by atoms with Crippen LogP contribution in [-0.2, 0) is 9.59 Å². The molecule has 0 saturated carbocycles. The number of nitrogens with one attached hydrogen (secondary N) is 1. The van der Waals surface area contributed by atoms with Crippen molar-refractivity contribution in [2.45, 2.75) is 32.2 Å². The minimum Gasteiger partial charge on any atom is -0.353 e. The van der Waals surface area contributed by atoms with Gasteiger partial charge in [-0.1, -0.05) is 6.08 Å². The molecule has 1 aliphatic heterocycles. The highest BCUT2D eigenvalue weighted by Crippen LogP contribution is 2.17. The Morgan fingerprint density at radius 3 is 2.94 bits per heavy atom. The number of hydrogen-bond donors (Lipinski definition) is 1. The largest absolute Gasteiger partial charge is 0.353 e. The Bertz CT molecular complexity index is 307. The lowest BCUT2D eigenvalue weighted by Gasteiger charge is -2.33. The first-order valence-corrected chi connectivity index (χ1v) is 7.56. The van der Waals surface area contributed by atoms with Crippen molar-refractivity contribution in [1.29, 1.82) is 0 Å². The molecule has 1 atom stereocenters. The van der Waals surface area contributed by atoms with Gasteiger partial charge in [0.15, 0.2) is 0 Å². The number of piperidine rings is 1. The highest BCUT2D eigenvalue weighted by Gasteiger charge is 2.29. The van der Waals surface area contributed by atoms with E-state index in [1.807, 2.05) is 6.08 Å². The van der Waals surface area contributed by atoms with E-state index in [1.54, 1.807) is 16.7 Å². The lowest BCUT2D eigenvalue weighted by Crippen LogP contribution is -2.51. The van der Waals surface area contributed by atoms with Gasteiger partial charge in [-0.3, -0.25) is 9.59 Å². The molecule has 0 aliphatic carbocycles. The molecule has 18 heavy (non-hydrogen) atoms. The minimum atomic E-state index is -0.263. The van der Waals surface area contributed by atoms with Gasteiger partial charge in [-0.25, -0.2) is 0 Å². The highest BCUT2D eigenvalue weighted by atomic mass is 32.2. The first-order chi connectivity index (χ1) is 8.66. The van der Waals surface area contributed by atoms with Crippen molar-refractivity contribution < 1.29 is 9.59 Å². The molecule has 0 spiro atoms. The van der Waals surface area contributed by atoms with Gasteiger partial charge < -0.3 is 10.2 Å². The molecule has 1 N–H and O–H groups in total. The molecule has 1 aliphatic rings. The Morgan fingerprint density at radius 2 is 2.28 bits per heavy atom. The van der Waals surface area contributed by atoms with Crippen LogP contribution in [-0.4, -0.2) is 47.4 Å². The zero-order chi connectivity index (χ0) is 13.4. The average Bonchev–Trinajstić information content (AvgIpc) is 2.38. The molecule has 2 amide bonds. The monoisotopic (exact) mass is 270 g/mol. The van der Waals surface area contributed by atoms with Crippen LogP contribution < -0.4 is 5.32 Å². The maximum atomic E-state index is 12.0. The van der Waals surface area contributed by atoms with Crippen LogP contribution in [0.15, 0.2) is 12.7 Å². The zero-order valence-corrected chi connectivity index (χ0v) is 11.8. The molecule has 1 saturated heterocycles. The molecular weight excluding hydrogens is 248 g/mol. The standard InChI is InChI=1S/C13H22N2O2S/c1-3-9-18-10-7-14-13(17)12-6-4-5-8-15(12)11(2)16/h3,12H,1,4-10H2,2H3,(H,14,17). The summed E-state index contributed by atoms with van der Waals surface area (Å²) in [7, 11) is 0. The molecule has 4 nitrogen and oxygen atoms in total. The first kappa shape index (κ1) is 15.1. The van der Waals surface area contributed by atoms with Crippen molar-refractivity contribution in [2.24, 2.45) is 0 Å². The summed E-state index contributed by atoms with van der Waals surface area (Å²) >= 11 is 1.74. The van der Waals surface area contributed by atoms with Crippen LogP contribution in [0.5, 0.6) is 0 Å². The predicted octanol–water partition coefficient (Wildman–Crippen LogP) is 1.42. The van der Waals surface area contributed by atoms with Crippen LogP contribution in [0, 0.1) is 0 Å². The maximum Gasteiger partial charge on any atom is 0.242 e. The number of likely N-dealkylation sites (tertiary alicyclic amines) is 1. The van der Waals surface area contributed by atoms with E-state index >= 15 is 0 Å². The number of hydrogen-bond acceptors (Lipinski definition) is 3. The van der Waals surface area contributed by atoms with Gasteiger partial charge in [-0.15, -0.1) is 6.58 Å². The average molecular weight is 270 g/mol. The summed E-state index contributed by atoms with van der Waals surface area (Å²) in [5.41, 5.74) is 0. The Balaban J connectivity index is 2.34. The molecule has 1 rings (SSSR count). The van der Waals surface area contributed by atoms with Gasteiger partial charge in [0, 0.05) is 31.5 Å². The molecule has 0 bridgehead atoms. The van der Waals surface area contributed by atoms with Gasteiger partial charge in [0.25, 0.3) is 0 Å². The molecule has 1 unspecified atom stereocenters. The van der Waals surface area contributed by atoms with Crippen molar-refractivity contribution in [3.8, 4) is 0 Å². The number of rotatable bonds is 6. The molecule has 0 aromatic rings. The Kier molecular flexibility index (Phi) is 6.86. The highest BCUT2D eigenvalue weighted by molar-refractivity contribution is 7.99. The van der Waals surface area contributed by atoms with Crippen LogP contribution in [0.2, 0.25) is 0 Å². The molecular formula is C13H22N2O2S. The summed E-state index contributed by atoms with van der Waals surface area (Å²) in [4.78, 5) is 25.2. The van der Waals surface area contributed by atoms with Gasteiger partial charge in [-0.2, -0.15) is 11.8 Å². The van der Waals surface area contributed by atoms with Gasteiger partial charge in [0.1, 0.15) is 6.04 Å². The quantitative estimate of drug-likeness (QED) is 0.586.